The Hall–Kier alpha value is -3.76. The second kappa shape index (κ2) is 54.1. The first-order chi connectivity index (χ1) is 61.9. The van der Waals surface area contributed by atoms with Crippen molar-refractivity contribution in [2.45, 2.75) is 192 Å². The molecule has 0 bridgehead atoms. The number of allylic oxidation sites excluding steroid dienone is 27. The molecule has 12 aliphatic rings. The number of fused-ring (bicyclic) bond motifs is 9. The van der Waals surface area contributed by atoms with Crippen molar-refractivity contribution in [2.24, 2.45) is 123 Å². The van der Waals surface area contributed by atoms with Crippen molar-refractivity contribution in [3.63, 3.8) is 0 Å². The molecule has 0 heterocycles. The van der Waals surface area contributed by atoms with E-state index in [1.807, 2.05) is 0 Å². The maximum absolute atomic E-state index is 4.93. The van der Waals surface area contributed by atoms with Crippen molar-refractivity contribution in [1.82, 2.24) is 0 Å². The molecule has 6 aromatic carbocycles. The van der Waals surface area contributed by atoms with Crippen LogP contribution in [-0.4, -0.2) is 16.1 Å². The molecule has 0 radical (unpaired) electrons. The van der Waals surface area contributed by atoms with Crippen molar-refractivity contribution in [2.75, 3.05) is 0 Å². The molecule has 0 aromatic heterocycles. The molecule has 18 unspecified atom stereocenters. The number of rotatable bonds is 23. The van der Waals surface area contributed by atoms with Crippen LogP contribution in [0.5, 0.6) is 0 Å². The second-order valence-corrected chi connectivity index (χ2v) is 63.2. The fourth-order valence-corrected chi connectivity index (χ4v) is 38.3. The van der Waals surface area contributed by atoms with Crippen LogP contribution in [0.3, 0.4) is 0 Å². The van der Waals surface area contributed by atoms with E-state index in [4.69, 9.17) is 51.1 Å². The van der Waals surface area contributed by atoms with Gasteiger partial charge in [-0.2, -0.15) is 0 Å². The molecule has 6 fully saturated rings. The summed E-state index contributed by atoms with van der Waals surface area (Å²) in [5.74, 6) is 10.6. The van der Waals surface area contributed by atoms with E-state index in [0.29, 0.717) is 106 Å². The Balaban J connectivity index is 0.000000257. The summed E-state index contributed by atoms with van der Waals surface area (Å²) in [6.45, 7) is 36.9. The molecule has 0 spiro atoms. The molecule has 18 rings (SSSR count). The van der Waals surface area contributed by atoms with Gasteiger partial charge in [-0.3, -0.25) is 0 Å². The number of benzene rings is 6. The maximum atomic E-state index is 4.93. The van der Waals surface area contributed by atoms with Gasteiger partial charge in [0.05, 0.1) is 8.07 Å². The zero-order valence-electron chi connectivity index (χ0n) is 83.9. The quantitative estimate of drug-likeness (QED) is 0.0341. The molecule has 714 valence electrons. The van der Waals surface area contributed by atoms with Gasteiger partial charge < -0.3 is 44.6 Å². The van der Waals surface area contributed by atoms with Crippen molar-refractivity contribution in [3.05, 3.63) is 432 Å². The third kappa shape index (κ3) is 25.2. The molecular weight excluding hydrogens is 2020 g/mol. The Morgan fingerprint density at radius 2 is 0.634 bits per heavy atom. The van der Waals surface area contributed by atoms with Gasteiger partial charge in [0, 0.05) is 10.8 Å². The van der Waals surface area contributed by atoms with Gasteiger partial charge in [-0.05, 0) is 243 Å². The van der Waals surface area contributed by atoms with Gasteiger partial charge in [-0.25, -0.2) is 0 Å². The summed E-state index contributed by atoms with van der Waals surface area (Å²) < 4.78 is 0. The van der Waals surface area contributed by atoms with Crippen molar-refractivity contribution >= 4 is 77.6 Å². The summed E-state index contributed by atoms with van der Waals surface area (Å²) >= 11 is -2.48. The van der Waals surface area contributed by atoms with Crippen molar-refractivity contribution in [3.8, 4) is 0 Å². The standard InChI is InChI=1S/C42H54Si.C38H44.C37H44Si.6CH3.6ClH.3Zr/c1-8-9-16-30-21-24-35(27-30)43(33-17-12-10-13-18-33,34-19-14-11-15-20-34)40-38-28-31(41(2,3)4)22-25-36(38)37-26-23-32(29-39(37)40)42(5,6)7;1-4-5-26-37(2,3)30-24-25-31(27-30)38(28-16-8-6-9-17-28,29-18-10-7-11-19-29)36-34-22-14-12-20-32(34)33-21-13-15-23-35(33)36;1-4-5-26-38(2,3)31-25-24-30(27-31)37(28-16-8-6-9-17-28,29-18-10-7-11-19-29)36-34-22-14-12-20-32(34)33-21-13-15-23-35(33)36;;;;;;;;;;;;;;;/h8,10-15,17-20,22-23,25-26,28-30,35-40H,1,9,16,21,24,27H2,2-7H3;2*4,6-23,30-36H,1,5,24-27H2,2-3H3;6*1H3;6*1H;;;/q;;;6*-1;;;;;;;3*+4/p-6. The Morgan fingerprint density at radius 1 is 0.336 bits per heavy atom. The summed E-state index contributed by atoms with van der Waals surface area (Å²) in [7, 11) is 25.9. The number of hydrogen-bond acceptors (Lipinski definition) is 0. The summed E-state index contributed by atoms with van der Waals surface area (Å²) in [5.41, 5.74) is 12.0. The van der Waals surface area contributed by atoms with E-state index in [2.05, 4.69) is 422 Å². The van der Waals surface area contributed by atoms with Gasteiger partial charge in [0.2, 0.25) is 0 Å². The topological polar surface area (TPSA) is 0 Å². The molecule has 0 saturated heterocycles. The van der Waals surface area contributed by atoms with Gasteiger partial charge in [-0.1, -0.05) is 438 Å². The molecule has 0 nitrogen and oxygen atoms in total. The van der Waals surface area contributed by atoms with E-state index in [-0.39, 0.29) is 66.2 Å². The van der Waals surface area contributed by atoms with E-state index in [9.17, 15) is 0 Å². The van der Waals surface area contributed by atoms with E-state index in [1.54, 1.807) is 10.4 Å². The molecule has 0 amide bonds. The first-order valence-electron chi connectivity index (χ1n) is 48.2. The molecule has 6 saturated carbocycles. The van der Waals surface area contributed by atoms with Gasteiger partial charge in [0.1, 0.15) is 8.07 Å². The first-order valence-corrected chi connectivity index (χ1v) is 72.6. The van der Waals surface area contributed by atoms with Crippen molar-refractivity contribution < 1.29 is 62.5 Å². The normalized spacial score (nSPS) is 28.0. The fraction of sp³-hybridized carbons (Fsp3) is 0.415. The Kier molecular flexibility index (Phi) is 47.3. The fourth-order valence-electron chi connectivity index (χ4n) is 27.9. The Bertz CT molecular complexity index is 4510. The summed E-state index contributed by atoms with van der Waals surface area (Å²) in [4.78, 5) is 0. The minimum absolute atomic E-state index is 0. The third-order valence-electron chi connectivity index (χ3n) is 33.5. The molecule has 18 atom stereocenters. The van der Waals surface area contributed by atoms with E-state index >= 15 is 0 Å². The number of hydrogen-bond donors (Lipinski definition) is 0. The van der Waals surface area contributed by atoms with Gasteiger partial charge in [0.25, 0.3) is 0 Å². The van der Waals surface area contributed by atoms with Crippen molar-refractivity contribution in [1.29, 1.82) is 0 Å². The van der Waals surface area contributed by atoms with Crippen LogP contribution in [0.15, 0.2) is 365 Å². The van der Waals surface area contributed by atoms with Crippen LogP contribution < -0.4 is 10.4 Å². The summed E-state index contributed by atoms with van der Waals surface area (Å²) in [6.07, 6.45) is 79.2. The molecule has 6 aromatic rings. The first kappa shape index (κ1) is 117. The van der Waals surface area contributed by atoms with Crippen LogP contribution in [0, 0.1) is 167 Å². The van der Waals surface area contributed by atoms with Crippen LogP contribution in [0.2, 0.25) is 35.8 Å². The van der Waals surface area contributed by atoms with Crippen LogP contribution in [-0.2, 0) is 73.4 Å². The van der Waals surface area contributed by atoms with Crippen LogP contribution in [0.4, 0.5) is 0 Å². The molecule has 0 aliphatic heterocycles. The van der Waals surface area contributed by atoms with Gasteiger partial charge in [-0.15, -0.1) is 19.7 Å². The average Bonchev–Trinajstić information content (AvgIpc) is 1.55. The zero-order valence-corrected chi connectivity index (χ0v) is 97.8. The van der Waals surface area contributed by atoms with Crippen LogP contribution >= 0.6 is 51.1 Å². The third-order valence-corrected chi connectivity index (χ3v) is 44.0. The predicted molar refractivity (Wildman–Crippen MR) is 591 cm³/mol. The SMILES string of the molecule is C=CCCC(C)(C)C1CCC(C(c2ccccc2)(c2ccccc2)C2C3C=CC=CC3C3C=CC=CC32)C1.C=CCCC1CCC([Si](c2ccccc2)(c2ccccc2)C2C3C=C(C(C)(C)C)C=CC3C3C=CC(C(C)(C)C)=CC32)C1.C=CCC[Si](C)(C)C1CCC(C(c2ccccc2)(c2ccccc2)C2C3C=CC=CC3C3C=CC=CC32)C1.[CH3-].[CH3-].[CH3-].[CH3-].[CH3-].[CH3-].[Cl][Zr+2][Cl].[Cl][Zr+2][Cl].[Cl][Zr+2][Cl]. The van der Waals surface area contributed by atoms with E-state index < -0.39 is 78.7 Å². The van der Waals surface area contributed by atoms with Crippen LogP contribution in [0.25, 0.3) is 0 Å². The van der Waals surface area contributed by atoms with E-state index in [1.165, 1.54) is 116 Å². The Labute approximate surface area is 876 Å². The molecular formula is C123H160Cl6Si2Zr3. The zero-order chi connectivity index (χ0) is 90.9. The molecule has 12 aliphatic carbocycles. The molecule has 11 heteroatoms. The summed E-state index contributed by atoms with van der Waals surface area (Å²) in [5, 5.41) is 3.33. The van der Waals surface area contributed by atoms with E-state index in [0.717, 1.165) is 35.8 Å². The average molecular weight is 2180 g/mol. The van der Waals surface area contributed by atoms with Gasteiger partial charge in [0.15, 0.2) is 0 Å². The number of halogens is 6. The second-order valence-electron chi connectivity index (χ2n) is 42.4. The van der Waals surface area contributed by atoms with Crippen LogP contribution in [0.1, 0.15) is 168 Å². The monoisotopic (exact) mass is 2170 g/mol. The van der Waals surface area contributed by atoms with Gasteiger partial charge >= 0.3 is 114 Å². The molecule has 0 N–H and O–H groups in total. The minimum atomic E-state index is -2.34. The summed E-state index contributed by atoms with van der Waals surface area (Å²) in [6, 6.07) is 72.1. The predicted octanol–water partition coefficient (Wildman–Crippen LogP) is 36.7. The molecule has 134 heavy (non-hydrogen) atoms. The Morgan fingerprint density at radius 3 is 0.970 bits per heavy atom.